The van der Waals surface area contributed by atoms with Gasteiger partial charge in [-0.1, -0.05) is 12.1 Å². The van der Waals surface area contributed by atoms with E-state index in [4.69, 9.17) is 5.11 Å². The standard InChI is InChI=1S/C9H8F3NO3/c1-5-2-3-6(4-7(5)13(15)16)8(14)9(10,11)12/h2-4,8,14H,1H3/t8-/m1/s1. The van der Waals surface area contributed by atoms with Gasteiger partial charge in [-0.2, -0.15) is 13.2 Å². The van der Waals surface area contributed by atoms with Crippen LogP contribution in [0.1, 0.15) is 17.2 Å². The second-order valence-electron chi connectivity index (χ2n) is 3.25. The number of rotatable bonds is 2. The van der Waals surface area contributed by atoms with Gasteiger partial charge in [0, 0.05) is 11.6 Å². The topological polar surface area (TPSA) is 63.4 Å². The summed E-state index contributed by atoms with van der Waals surface area (Å²) in [6.07, 6.45) is -7.53. The van der Waals surface area contributed by atoms with Gasteiger partial charge in [-0.3, -0.25) is 10.1 Å². The van der Waals surface area contributed by atoms with Gasteiger partial charge in [0.2, 0.25) is 0 Å². The first kappa shape index (κ1) is 12.4. The fourth-order valence-electron chi connectivity index (χ4n) is 1.18. The van der Waals surface area contributed by atoms with Crippen molar-refractivity contribution in [1.82, 2.24) is 0 Å². The second kappa shape index (κ2) is 4.09. The fraction of sp³-hybridized carbons (Fsp3) is 0.333. The summed E-state index contributed by atoms with van der Waals surface area (Å²) in [5.41, 5.74) is -0.742. The van der Waals surface area contributed by atoms with Crippen LogP contribution in [0.25, 0.3) is 0 Å². The lowest BCUT2D eigenvalue weighted by atomic mass is 10.1. The van der Waals surface area contributed by atoms with Crippen LogP contribution in [0.4, 0.5) is 18.9 Å². The van der Waals surface area contributed by atoms with Crippen LogP contribution in [0, 0.1) is 17.0 Å². The molecule has 0 aliphatic carbocycles. The molecule has 0 saturated carbocycles. The van der Waals surface area contributed by atoms with Gasteiger partial charge >= 0.3 is 6.18 Å². The Kier molecular flexibility index (Phi) is 3.18. The van der Waals surface area contributed by atoms with Crippen LogP contribution in [0.3, 0.4) is 0 Å². The molecule has 1 rings (SSSR count). The quantitative estimate of drug-likeness (QED) is 0.632. The molecule has 0 bridgehead atoms. The first-order chi connectivity index (χ1) is 7.23. The van der Waals surface area contributed by atoms with Gasteiger partial charge in [0.05, 0.1) is 4.92 Å². The number of hydrogen-bond acceptors (Lipinski definition) is 3. The highest BCUT2D eigenvalue weighted by molar-refractivity contribution is 5.43. The molecule has 0 aliphatic heterocycles. The average molecular weight is 235 g/mol. The lowest BCUT2D eigenvalue weighted by molar-refractivity contribution is -0.385. The van der Waals surface area contributed by atoms with Crippen LogP contribution in [0.2, 0.25) is 0 Å². The molecule has 0 saturated heterocycles. The third-order valence-electron chi connectivity index (χ3n) is 2.06. The zero-order valence-electron chi connectivity index (χ0n) is 8.15. The van der Waals surface area contributed by atoms with Crippen LogP contribution < -0.4 is 0 Å². The summed E-state index contributed by atoms with van der Waals surface area (Å²) >= 11 is 0. The number of aryl methyl sites for hydroxylation is 1. The maximum absolute atomic E-state index is 12.1. The van der Waals surface area contributed by atoms with Crippen LogP contribution in [0.5, 0.6) is 0 Å². The summed E-state index contributed by atoms with van der Waals surface area (Å²) in [5, 5.41) is 19.4. The van der Waals surface area contributed by atoms with Crippen molar-refractivity contribution in [1.29, 1.82) is 0 Å². The van der Waals surface area contributed by atoms with E-state index in [1.807, 2.05) is 0 Å². The number of aliphatic hydroxyl groups is 1. The summed E-state index contributed by atoms with van der Waals surface area (Å²) < 4.78 is 36.4. The molecular weight excluding hydrogens is 227 g/mol. The average Bonchev–Trinajstić information content (AvgIpc) is 2.15. The molecule has 16 heavy (non-hydrogen) atoms. The molecule has 0 amide bonds. The monoisotopic (exact) mass is 235 g/mol. The van der Waals surface area contributed by atoms with E-state index in [0.29, 0.717) is 0 Å². The van der Waals surface area contributed by atoms with E-state index < -0.39 is 28.5 Å². The minimum Gasteiger partial charge on any atom is -0.379 e. The predicted molar refractivity (Wildman–Crippen MR) is 48.8 cm³/mol. The second-order valence-corrected chi connectivity index (χ2v) is 3.25. The lowest BCUT2D eigenvalue weighted by Gasteiger charge is -2.14. The number of nitro groups is 1. The Bertz CT molecular complexity index is 417. The molecule has 0 radical (unpaired) electrons. The number of benzene rings is 1. The van der Waals surface area contributed by atoms with E-state index >= 15 is 0 Å². The maximum atomic E-state index is 12.1. The molecule has 1 N–H and O–H groups in total. The lowest BCUT2D eigenvalue weighted by Crippen LogP contribution is -2.20. The van der Waals surface area contributed by atoms with E-state index in [9.17, 15) is 23.3 Å². The SMILES string of the molecule is Cc1ccc([C@@H](O)C(F)(F)F)cc1[N+](=O)[O-]. The van der Waals surface area contributed by atoms with Gasteiger partial charge < -0.3 is 5.11 Å². The van der Waals surface area contributed by atoms with E-state index in [1.54, 1.807) is 0 Å². The summed E-state index contributed by atoms with van der Waals surface area (Å²) in [7, 11) is 0. The number of nitro benzene ring substituents is 1. The van der Waals surface area contributed by atoms with Crippen LogP contribution in [-0.2, 0) is 0 Å². The fourth-order valence-corrected chi connectivity index (χ4v) is 1.18. The molecule has 1 aromatic rings. The van der Waals surface area contributed by atoms with Gasteiger partial charge in [0.25, 0.3) is 5.69 Å². The Balaban J connectivity index is 3.18. The van der Waals surface area contributed by atoms with Crippen molar-refractivity contribution in [2.45, 2.75) is 19.2 Å². The number of hydrogen-bond donors (Lipinski definition) is 1. The summed E-state index contributed by atoms with van der Waals surface area (Å²) in [5.74, 6) is 0. The molecular formula is C9H8F3NO3. The molecule has 0 fully saturated rings. The molecule has 0 aromatic heterocycles. The molecule has 0 unspecified atom stereocenters. The number of nitrogens with zero attached hydrogens (tertiary/aromatic N) is 1. The van der Waals surface area contributed by atoms with E-state index in [0.717, 1.165) is 12.1 Å². The highest BCUT2D eigenvalue weighted by Gasteiger charge is 2.39. The van der Waals surface area contributed by atoms with E-state index in [2.05, 4.69) is 0 Å². The third-order valence-corrected chi connectivity index (χ3v) is 2.06. The van der Waals surface area contributed by atoms with Crippen LogP contribution in [0.15, 0.2) is 18.2 Å². The van der Waals surface area contributed by atoms with Crippen molar-refractivity contribution in [2.24, 2.45) is 0 Å². The number of aliphatic hydroxyl groups excluding tert-OH is 1. The first-order valence-corrected chi connectivity index (χ1v) is 4.23. The smallest absolute Gasteiger partial charge is 0.379 e. The van der Waals surface area contributed by atoms with Gasteiger partial charge in [-0.05, 0) is 12.5 Å². The Morgan fingerprint density at radius 2 is 2.00 bits per heavy atom. The third kappa shape index (κ3) is 2.48. The van der Waals surface area contributed by atoms with Gasteiger partial charge in [-0.25, -0.2) is 0 Å². The molecule has 0 heterocycles. The van der Waals surface area contributed by atoms with Crippen molar-refractivity contribution >= 4 is 5.69 Å². The molecule has 0 aliphatic rings. The molecule has 4 nitrogen and oxygen atoms in total. The largest absolute Gasteiger partial charge is 0.418 e. The van der Waals surface area contributed by atoms with E-state index in [-0.39, 0.29) is 5.56 Å². The number of halogens is 3. The van der Waals surface area contributed by atoms with Crippen LogP contribution >= 0.6 is 0 Å². The normalized spacial score (nSPS) is 13.6. The van der Waals surface area contributed by atoms with Crippen molar-refractivity contribution in [3.8, 4) is 0 Å². The minimum atomic E-state index is -4.83. The van der Waals surface area contributed by atoms with Gasteiger partial charge in [0.1, 0.15) is 0 Å². The molecule has 7 heteroatoms. The highest BCUT2D eigenvalue weighted by atomic mass is 19.4. The molecule has 88 valence electrons. The minimum absolute atomic E-state index is 0.239. The van der Waals surface area contributed by atoms with Gasteiger partial charge in [-0.15, -0.1) is 0 Å². The van der Waals surface area contributed by atoms with Gasteiger partial charge in [0.15, 0.2) is 6.10 Å². The Morgan fingerprint density at radius 1 is 1.44 bits per heavy atom. The first-order valence-electron chi connectivity index (χ1n) is 4.23. The van der Waals surface area contributed by atoms with E-state index in [1.165, 1.54) is 13.0 Å². The molecule has 0 spiro atoms. The summed E-state index contributed by atoms with van der Waals surface area (Å²) in [6, 6.07) is 2.91. The summed E-state index contributed by atoms with van der Waals surface area (Å²) in [6.45, 7) is 1.40. The highest BCUT2D eigenvalue weighted by Crippen LogP contribution is 2.34. The van der Waals surface area contributed by atoms with Crippen molar-refractivity contribution in [2.75, 3.05) is 0 Å². The Morgan fingerprint density at radius 3 is 2.44 bits per heavy atom. The predicted octanol–water partition coefficient (Wildman–Crippen LogP) is 2.50. The van der Waals surface area contributed by atoms with Crippen molar-refractivity contribution in [3.63, 3.8) is 0 Å². The number of alkyl halides is 3. The van der Waals surface area contributed by atoms with Crippen molar-refractivity contribution in [3.05, 3.63) is 39.4 Å². The van der Waals surface area contributed by atoms with Crippen LogP contribution in [-0.4, -0.2) is 16.2 Å². The Labute approximate surface area is 88.5 Å². The maximum Gasteiger partial charge on any atom is 0.418 e. The van der Waals surface area contributed by atoms with Crippen molar-refractivity contribution < 1.29 is 23.2 Å². The zero-order valence-corrected chi connectivity index (χ0v) is 8.15. The molecule has 1 atom stereocenters. The Hall–Kier alpha value is -1.63. The summed E-state index contributed by atoms with van der Waals surface area (Å²) in [4.78, 5) is 9.70. The zero-order chi connectivity index (χ0) is 12.5. The molecule has 1 aromatic carbocycles.